The maximum Gasteiger partial charge on any atom is 0.304 e. The van der Waals surface area contributed by atoms with Crippen LogP contribution in [0, 0.1) is 11.6 Å². The number of benzene rings is 1. The van der Waals surface area contributed by atoms with Crippen molar-refractivity contribution in [2.45, 2.75) is 12.8 Å². The molecule has 1 heterocycles. The zero-order chi connectivity index (χ0) is 13.1. The number of aromatic nitrogens is 1. The highest BCUT2D eigenvalue weighted by Gasteiger charge is 2.10. The van der Waals surface area contributed by atoms with Crippen molar-refractivity contribution in [1.29, 1.82) is 0 Å². The third-order valence-electron chi connectivity index (χ3n) is 2.43. The second kappa shape index (κ2) is 4.95. The van der Waals surface area contributed by atoms with E-state index in [-0.39, 0.29) is 5.89 Å². The van der Waals surface area contributed by atoms with Gasteiger partial charge in [0.15, 0.2) is 0 Å². The number of aryl methyl sites for hydroxylation is 2. The van der Waals surface area contributed by atoms with Gasteiger partial charge >= 0.3 is 5.91 Å². The van der Waals surface area contributed by atoms with E-state index in [2.05, 4.69) is 4.98 Å². The molecule has 0 aliphatic heterocycles. The van der Waals surface area contributed by atoms with Crippen LogP contribution in [0.2, 0.25) is 0 Å². The van der Waals surface area contributed by atoms with Gasteiger partial charge in [0.1, 0.15) is 17.9 Å². The third kappa shape index (κ3) is 2.71. The predicted molar refractivity (Wildman–Crippen MR) is 58.8 cm³/mol. The van der Waals surface area contributed by atoms with E-state index in [4.69, 9.17) is 10.2 Å². The highest BCUT2D eigenvalue weighted by molar-refractivity contribution is 5.87. The summed E-state index contributed by atoms with van der Waals surface area (Å²) in [6.45, 7) is 0. The van der Waals surface area contributed by atoms with Crippen LogP contribution in [0.4, 0.5) is 8.78 Å². The molecule has 0 saturated heterocycles. The predicted octanol–water partition coefficient (Wildman–Crippen LogP) is 1.84. The smallest absolute Gasteiger partial charge is 0.304 e. The fourth-order valence-corrected chi connectivity index (χ4v) is 1.52. The van der Waals surface area contributed by atoms with Gasteiger partial charge < -0.3 is 10.2 Å². The second-order valence-corrected chi connectivity index (χ2v) is 3.74. The van der Waals surface area contributed by atoms with Crippen molar-refractivity contribution >= 4 is 5.91 Å². The molecule has 18 heavy (non-hydrogen) atoms. The lowest BCUT2D eigenvalue weighted by Crippen LogP contribution is -2.11. The Labute approximate surface area is 101 Å². The Kier molecular flexibility index (Phi) is 3.36. The molecule has 0 spiro atoms. The molecule has 1 aromatic carbocycles. The molecule has 2 aromatic rings. The van der Waals surface area contributed by atoms with Crippen LogP contribution >= 0.6 is 0 Å². The van der Waals surface area contributed by atoms with Crippen LogP contribution in [0.25, 0.3) is 0 Å². The summed E-state index contributed by atoms with van der Waals surface area (Å²) in [6.07, 6.45) is 2.00. The van der Waals surface area contributed by atoms with Crippen molar-refractivity contribution in [3.63, 3.8) is 0 Å². The quantitative estimate of drug-likeness (QED) is 0.902. The van der Waals surface area contributed by atoms with Gasteiger partial charge in [0, 0.05) is 6.07 Å². The molecule has 0 aliphatic rings. The molecule has 0 atom stereocenters. The lowest BCUT2D eigenvalue weighted by Gasteiger charge is -2.01. The molecule has 0 radical (unpaired) electrons. The van der Waals surface area contributed by atoms with Gasteiger partial charge in [-0.1, -0.05) is 6.07 Å². The average molecular weight is 252 g/mol. The molecule has 0 aliphatic carbocycles. The van der Waals surface area contributed by atoms with Gasteiger partial charge in [-0.15, -0.1) is 0 Å². The van der Waals surface area contributed by atoms with Crippen molar-refractivity contribution in [1.82, 2.24) is 4.98 Å². The number of rotatable bonds is 4. The Morgan fingerprint density at radius 1 is 1.33 bits per heavy atom. The molecule has 1 amide bonds. The van der Waals surface area contributed by atoms with E-state index in [0.29, 0.717) is 24.1 Å². The number of carbonyl (C=O) groups is 1. The molecule has 2 rings (SSSR count). The van der Waals surface area contributed by atoms with Crippen LogP contribution in [-0.4, -0.2) is 10.9 Å². The standard InChI is InChI=1S/C12H10F2N2O2/c13-8-3-1-7(10(14)5-8)2-4-9-6-18-12(16-9)11(15)17/h1,3,5-6H,2,4H2,(H2,15,17). The monoisotopic (exact) mass is 252 g/mol. The molecule has 2 N–H and O–H groups in total. The molecular weight excluding hydrogens is 242 g/mol. The molecule has 1 aromatic heterocycles. The summed E-state index contributed by atoms with van der Waals surface area (Å²) in [4.78, 5) is 14.6. The first kappa shape index (κ1) is 12.2. The number of amides is 1. The maximum atomic E-state index is 13.3. The van der Waals surface area contributed by atoms with E-state index in [1.165, 1.54) is 18.4 Å². The zero-order valence-electron chi connectivity index (χ0n) is 9.32. The highest BCUT2D eigenvalue weighted by Crippen LogP contribution is 2.13. The van der Waals surface area contributed by atoms with Gasteiger partial charge in [-0.05, 0) is 24.5 Å². The Morgan fingerprint density at radius 3 is 2.72 bits per heavy atom. The van der Waals surface area contributed by atoms with Crippen molar-refractivity contribution in [3.8, 4) is 0 Å². The first-order valence-electron chi connectivity index (χ1n) is 5.24. The van der Waals surface area contributed by atoms with E-state index >= 15 is 0 Å². The van der Waals surface area contributed by atoms with E-state index in [0.717, 1.165) is 6.07 Å². The Morgan fingerprint density at radius 2 is 2.11 bits per heavy atom. The van der Waals surface area contributed by atoms with E-state index in [1.54, 1.807) is 0 Å². The Hall–Kier alpha value is -2.24. The van der Waals surface area contributed by atoms with Gasteiger partial charge in [-0.2, -0.15) is 0 Å². The van der Waals surface area contributed by atoms with E-state index < -0.39 is 17.5 Å². The van der Waals surface area contributed by atoms with Gasteiger partial charge in [0.2, 0.25) is 0 Å². The zero-order valence-corrected chi connectivity index (χ0v) is 9.32. The van der Waals surface area contributed by atoms with Gasteiger partial charge in [0.05, 0.1) is 5.69 Å². The lowest BCUT2D eigenvalue weighted by molar-refractivity contribution is 0.0967. The van der Waals surface area contributed by atoms with Crippen LogP contribution in [0.5, 0.6) is 0 Å². The number of oxazole rings is 1. The van der Waals surface area contributed by atoms with Crippen LogP contribution < -0.4 is 5.73 Å². The minimum atomic E-state index is -0.755. The minimum Gasteiger partial charge on any atom is -0.441 e. The normalized spacial score (nSPS) is 10.6. The highest BCUT2D eigenvalue weighted by atomic mass is 19.1. The van der Waals surface area contributed by atoms with Crippen LogP contribution in [0.3, 0.4) is 0 Å². The van der Waals surface area contributed by atoms with E-state index in [1.807, 2.05) is 0 Å². The van der Waals surface area contributed by atoms with Crippen LogP contribution in [0.1, 0.15) is 21.9 Å². The van der Waals surface area contributed by atoms with Crippen molar-refractivity contribution in [3.05, 3.63) is 53.2 Å². The summed E-state index contributed by atoms with van der Waals surface area (Å²) < 4.78 is 30.8. The average Bonchev–Trinajstić information content (AvgIpc) is 2.76. The summed E-state index contributed by atoms with van der Waals surface area (Å²) >= 11 is 0. The number of nitrogens with zero attached hydrogens (tertiary/aromatic N) is 1. The lowest BCUT2D eigenvalue weighted by atomic mass is 10.1. The number of carbonyl (C=O) groups excluding carboxylic acids is 1. The molecule has 6 heteroatoms. The molecule has 0 bridgehead atoms. The number of halogens is 2. The van der Waals surface area contributed by atoms with Crippen molar-refractivity contribution in [2.75, 3.05) is 0 Å². The van der Waals surface area contributed by atoms with Gasteiger partial charge in [0.25, 0.3) is 5.89 Å². The minimum absolute atomic E-state index is 0.176. The number of hydrogen-bond donors (Lipinski definition) is 1. The van der Waals surface area contributed by atoms with Crippen molar-refractivity contribution in [2.24, 2.45) is 5.73 Å². The Balaban J connectivity index is 2.04. The first-order chi connectivity index (χ1) is 8.56. The van der Waals surface area contributed by atoms with Crippen LogP contribution in [0.15, 0.2) is 28.9 Å². The largest absolute Gasteiger partial charge is 0.441 e. The number of primary amides is 1. The number of nitrogens with two attached hydrogens (primary N) is 1. The summed E-state index contributed by atoms with van der Waals surface area (Å²) in [5.41, 5.74) is 5.85. The fraction of sp³-hybridized carbons (Fsp3) is 0.167. The van der Waals surface area contributed by atoms with Gasteiger partial charge in [-0.25, -0.2) is 13.8 Å². The van der Waals surface area contributed by atoms with Crippen LogP contribution in [-0.2, 0) is 12.8 Å². The summed E-state index contributed by atoms with van der Waals surface area (Å²) in [7, 11) is 0. The third-order valence-corrected chi connectivity index (χ3v) is 2.43. The molecule has 0 saturated carbocycles. The summed E-state index contributed by atoms with van der Waals surface area (Å²) in [5.74, 6) is -2.15. The SMILES string of the molecule is NC(=O)c1nc(CCc2ccc(F)cc2F)co1. The summed E-state index contributed by atoms with van der Waals surface area (Å²) in [6, 6.07) is 3.39. The van der Waals surface area contributed by atoms with E-state index in [9.17, 15) is 13.6 Å². The molecular formula is C12H10F2N2O2. The molecule has 0 unspecified atom stereocenters. The second-order valence-electron chi connectivity index (χ2n) is 3.74. The maximum absolute atomic E-state index is 13.3. The fourth-order valence-electron chi connectivity index (χ4n) is 1.52. The van der Waals surface area contributed by atoms with Crippen molar-refractivity contribution < 1.29 is 18.0 Å². The number of hydrogen-bond acceptors (Lipinski definition) is 3. The first-order valence-corrected chi connectivity index (χ1v) is 5.24. The summed E-state index contributed by atoms with van der Waals surface area (Å²) in [5, 5.41) is 0. The molecule has 4 nitrogen and oxygen atoms in total. The topological polar surface area (TPSA) is 69.1 Å². The molecule has 94 valence electrons. The molecule has 0 fully saturated rings. The Bertz CT molecular complexity index is 581. The van der Waals surface area contributed by atoms with Gasteiger partial charge in [-0.3, -0.25) is 4.79 Å².